The summed E-state index contributed by atoms with van der Waals surface area (Å²) in [7, 11) is 1.28. The molecule has 1 aliphatic heterocycles. The van der Waals surface area contributed by atoms with E-state index >= 15 is 0 Å². The monoisotopic (exact) mass is 328 g/mol. The lowest BCUT2D eigenvalue weighted by Gasteiger charge is -2.34. The predicted molar refractivity (Wildman–Crippen MR) is 85.8 cm³/mol. The van der Waals surface area contributed by atoms with Crippen LogP contribution in [0.5, 0.6) is 0 Å². The summed E-state index contributed by atoms with van der Waals surface area (Å²) in [5.74, 6) is -0.500. The van der Waals surface area contributed by atoms with Crippen molar-refractivity contribution in [3.05, 3.63) is 0 Å². The van der Waals surface area contributed by atoms with Gasteiger partial charge < -0.3 is 15.0 Å². The summed E-state index contributed by atoms with van der Waals surface area (Å²) in [6.45, 7) is 9.00. The summed E-state index contributed by atoms with van der Waals surface area (Å²) in [6.07, 6.45) is 0. The van der Waals surface area contributed by atoms with Crippen LogP contribution in [0.25, 0.3) is 0 Å². The molecular formula is C15H28N4O4. The summed E-state index contributed by atoms with van der Waals surface area (Å²) in [4.78, 5) is 40.7. The van der Waals surface area contributed by atoms with Gasteiger partial charge in [-0.2, -0.15) is 0 Å². The van der Waals surface area contributed by atoms with Crippen molar-refractivity contribution in [2.24, 2.45) is 0 Å². The first-order valence-corrected chi connectivity index (χ1v) is 8.06. The van der Waals surface area contributed by atoms with Crippen LogP contribution in [0, 0.1) is 0 Å². The van der Waals surface area contributed by atoms with Gasteiger partial charge in [0.1, 0.15) is 6.54 Å². The van der Waals surface area contributed by atoms with Gasteiger partial charge in [-0.15, -0.1) is 0 Å². The van der Waals surface area contributed by atoms with Crippen LogP contribution in [0.4, 0.5) is 0 Å². The molecule has 0 spiro atoms. The number of amides is 2. The molecule has 132 valence electrons. The zero-order valence-corrected chi connectivity index (χ0v) is 14.3. The first-order chi connectivity index (χ1) is 11.0. The van der Waals surface area contributed by atoms with Crippen LogP contribution in [-0.4, -0.2) is 98.5 Å². The number of hydrogen-bond acceptors (Lipinski definition) is 6. The fourth-order valence-electron chi connectivity index (χ4n) is 2.48. The highest BCUT2D eigenvalue weighted by atomic mass is 16.5. The molecule has 1 saturated heterocycles. The molecule has 0 aromatic carbocycles. The van der Waals surface area contributed by atoms with Gasteiger partial charge in [0.15, 0.2) is 0 Å². The number of carbonyl (C=O) groups is 3. The van der Waals surface area contributed by atoms with E-state index in [-0.39, 0.29) is 24.9 Å². The Labute approximate surface area is 137 Å². The van der Waals surface area contributed by atoms with Crippen LogP contribution in [0.15, 0.2) is 0 Å². The minimum atomic E-state index is -0.460. The quantitative estimate of drug-likeness (QED) is 0.562. The van der Waals surface area contributed by atoms with Gasteiger partial charge >= 0.3 is 5.97 Å². The fourth-order valence-corrected chi connectivity index (χ4v) is 2.48. The maximum Gasteiger partial charge on any atom is 0.325 e. The van der Waals surface area contributed by atoms with Gasteiger partial charge in [-0.1, -0.05) is 0 Å². The Hall–Kier alpha value is -1.67. The maximum atomic E-state index is 12.1. The van der Waals surface area contributed by atoms with E-state index < -0.39 is 5.97 Å². The van der Waals surface area contributed by atoms with E-state index in [4.69, 9.17) is 0 Å². The highest BCUT2D eigenvalue weighted by molar-refractivity contribution is 5.83. The lowest BCUT2D eigenvalue weighted by Crippen LogP contribution is -2.52. The molecule has 1 N–H and O–H groups in total. The minimum Gasteiger partial charge on any atom is -0.468 e. The lowest BCUT2D eigenvalue weighted by molar-refractivity contribution is -0.141. The molecule has 8 nitrogen and oxygen atoms in total. The summed E-state index contributed by atoms with van der Waals surface area (Å²) >= 11 is 0. The molecule has 0 aliphatic carbocycles. The summed E-state index contributed by atoms with van der Waals surface area (Å²) in [5, 5.41) is 2.52. The Morgan fingerprint density at radius 2 is 1.52 bits per heavy atom. The van der Waals surface area contributed by atoms with Crippen LogP contribution < -0.4 is 5.32 Å². The van der Waals surface area contributed by atoms with Crippen molar-refractivity contribution in [3.63, 3.8) is 0 Å². The van der Waals surface area contributed by atoms with Crippen molar-refractivity contribution < 1.29 is 19.1 Å². The molecule has 0 unspecified atom stereocenters. The van der Waals surface area contributed by atoms with Crippen molar-refractivity contribution in [1.82, 2.24) is 20.0 Å². The molecule has 1 rings (SSSR count). The number of nitrogens with zero attached hydrogens (tertiary/aromatic N) is 3. The smallest absolute Gasteiger partial charge is 0.325 e. The van der Waals surface area contributed by atoms with Crippen LogP contribution in [0.1, 0.15) is 13.8 Å². The molecule has 2 amide bonds. The Morgan fingerprint density at radius 3 is 2.00 bits per heavy atom. The molecule has 0 aromatic heterocycles. The van der Waals surface area contributed by atoms with E-state index in [0.717, 1.165) is 39.3 Å². The molecular weight excluding hydrogens is 300 g/mol. The van der Waals surface area contributed by atoms with E-state index in [9.17, 15) is 14.4 Å². The summed E-state index contributed by atoms with van der Waals surface area (Å²) in [6, 6.07) is 0. The third kappa shape index (κ3) is 6.96. The molecule has 1 aliphatic rings. The number of likely N-dealkylation sites (N-methyl/N-ethyl adjacent to an activating group) is 1. The average molecular weight is 328 g/mol. The Balaban J connectivity index is 2.26. The number of esters is 1. The molecule has 1 fully saturated rings. The minimum absolute atomic E-state index is 0.104. The second-order valence-electron chi connectivity index (χ2n) is 5.47. The SMILES string of the molecule is CCN(CC)C(=O)CN1CCN(CC(=O)NCC(=O)OC)CC1. The fraction of sp³-hybridized carbons (Fsp3) is 0.800. The molecule has 0 radical (unpaired) electrons. The van der Waals surface area contributed by atoms with Gasteiger partial charge in [0.2, 0.25) is 11.8 Å². The van der Waals surface area contributed by atoms with Crippen molar-refractivity contribution in [3.8, 4) is 0 Å². The molecule has 8 heteroatoms. The summed E-state index contributed by atoms with van der Waals surface area (Å²) in [5.41, 5.74) is 0. The van der Waals surface area contributed by atoms with E-state index in [1.807, 2.05) is 23.6 Å². The second kappa shape index (κ2) is 10.2. The third-order valence-electron chi connectivity index (χ3n) is 3.96. The Kier molecular flexibility index (Phi) is 8.57. The van der Waals surface area contributed by atoms with Crippen LogP contribution in [0.2, 0.25) is 0 Å². The third-order valence-corrected chi connectivity index (χ3v) is 3.96. The normalized spacial score (nSPS) is 16.0. The highest BCUT2D eigenvalue weighted by Crippen LogP contribution is 2.02. The van der Waals surface area contributed by atoms with Crippen LogP contribution in [0.3, 0.4) is 0 Å². The summed E-state index contributed by atoms with van der Waals surface area (Å²) < 4.78 is 4.47. The first-order valence-electron chi connectivity index (χ1n) is 8.06. The highest BCUT2D eigenvalue weighted by Gasteiger charge is 2.22. The van der Waals surface area contributed by atoms with Gasteiger partial charge in [0.05, 0.1) is 20.2 Å². The van der Waals surface area contributed by atoms with Crippen LogP contribution in [-0.2, 0) is 19.1 Å². The zero-order chi connectivity index (χ0) is 17.2. The number of carbonyl (C=O) groups excluding carboxylic acids is 3. The number of methoxy groups -OCH3 is 1. The Bertz CT molecular complexity index is 404. The molecule has 23 heavy (non-hydrogen) atoms. The molecule has 0 atom stereocenters. The molecule has 1 heterocycles. The second-order valence-corrected chi connectivity index (χ2v) is 5.47. The van der Waals surface area contributed by atoms with E-state index in [2.05, 4.69) is 15.0 Å². The largest absolute Gasteiger partial charge is 0.468 e. The standard InChI is InChI=1S/C15H28N4O4/c1-4-19(5-2)14(21)12-18-8-6-17(7-9-18)11-13(20)16-10-15(22)23-3/h4-12H2,1-3H3,(H,16,20). The van der Waals surface area contributed by atoms with Crippen molar-refractivity contribution in [2.75, 3.05) is 66.0 Å². The number of nitrogens with one attached hydrogen (secondary N) is 1. The molecule has 0 aromatic rings. The number of piperazine rings is 1. The van der Waals surface area contributed by atoms with Gasteiger partial charge in [0, 0.05) is 39.3 Å². The van der Waals surface area contributed by atoms with E-state index in [1.165, 1.54) is 7.11 Å². The molecule has 0 saturated carbocycles. The van der Waals surface area contributed by atoms with Gasteiger partial charge in [-0.05, 0) is 13.8 Å². The molecule has 0 bridgehead atoms. The van der Waals surface area contributed by atoms with E-state index in [0.29, 0.717) is 6.54 Å². The van der Waals surface area contributed by atoms with Crippen molar-refractivity contribution in [2.45, 2.75) is 13.8 Å². The topological polar surface area (TPSA) is 82.2 Å². The number of rotatable bonds is 8. The average Bonchev–Trinajstić information content (AvgIpc) is 2.55. The number of ether oxygens (including phenoxy) is 1. The number of hydrogen-bond donors (Lipinski definition) is 1. The maximum absolute atomic E-state index is 12.1. The van der Waals surface area contributed by atoms with Crippen molar-refractivity contribution >= 4 is 17.8 Å². The van der Waals surface area contributed by atoms with Crippen molar-refractivity contribution in [1.29, 1.82) is 0 Å². The van der Waals surface area contributed by atoms with Gasteiger partial charge in [0.25, 0.3) is 0 Å². The van der Waals surface area contributed by atoms with Gasteiger partial charge in [-0.3, -0.25) is 24.2 Å². The zero-order valence-electron chi connectivity index (χ0n) is 14.3. The predicted octanol–water partition coefficient (Wildman–Crippen LogP) is -1.24. The lowest BCUT2D eigenvalue weighted by atomic mass is 10.3. The Morgan fingerprint density at radius 1 is 1.00 bits per heavy atom. The van der Waals surface area contributed by atoms with E-state index in [1.54, 1.807) is 0 Å². The van der Waals surface area contributed by atoms with Gasteiger partial charge in [-0.25, -0.2) is 0 Å². The first kappa shape index (κ1) is 19.4. The van der Waals surface area contributed by atoms with Crippen LogP contribution >= 0.6 is 0 Å².